The van der Waals surface area contributed by atoms with Gasteiger partial charge in [0, 0.05) is 5.57 Å². The van der Waals surface area contributed by atoms with Crippen LogP contribution in [0.5, 0.6) is 0 Å². The second kappa shape index (κ2) is 5.49. The average molecular weight is 282 g/mol. The lowest BCUT2D eigenvalue weighted by molar-refractivity contribution is -0.139. The van der Waals surface area contributed by atoms with Crippen LogP contribution in [-0.2, 0) is 14.3 Å². The summed E-state index contributed by atoms with van der Waals surface area (Å²) in [5, 5.41) is 10.1. The lowest BCUT2D eigenvalue weighted by Crippen LogP contribution is -2.41. The number of carbonyl (C=O) groups excluding carboxylic acids is 1. The van der Waals surface area contributed by atoms with Crippen molar-refractivity contribution in [2.45, 2.75) is 70.2 Å². The Balaban J connectivity index is 2.00. The van der Waals surface area contributed by atoms with Crippen LogP contribution in [0, 0.1) is 5.92 Å². The summed E-state index contributed by atoms with van der Waals surface area (Å²) >= 11 is 0. The Morgan fingerprint density at radius 1 is 1.50 bits per heavy atom. The molecule has 0 unspecified atom stereocenters. The van der Waals surface area contributed by atoms with E-state index in [0.717, 1.165) is 37.7 Å². The Morgan fingerprint density at radius 3 is 2.65 bits per heavy atom. The largest absolute Gasteiger partial charge is 0.466 e. The molecule has 20 heavy (non-hydrogen) atoms. The molecular weight excluding hydrogens is 256 g/mol. The zero-order chi connectivity index (χ0) is 15.0. The van der Waals surface area contributed by atoms with Crippen molar-refractivity contribution in [2.75, 3.05) is 7.11 Å². The van der Waals surface area contributed by atoms with Crippen LogP contribution in [0.15, 0.2) is 11.6 Å². The molecule has 4 nitrogen and oxygen atoms in total. The van der Waals surface area contributed by atoms with Crippen LogP contribution in [-0.4, -0.2) is 35.5 Å². The van der Waals surface area contributed by atoms with Crippen molar-refractivity contribution in [1.29, 1.82) is 0 Å². The molecule has 0 aromatic rings. The van der Waals surface area contributed by atoms with Crippen LogP contribution >= 0.6 is 0 Å². The van der Waals surface area contributed by atoms with Crippen molar-refractivity contribution >= 4 is 5.97 Å². The van der Waals surface area contributed by atoms with E-state index >= 15 is 0 Å². The molecule has 0 amide bonds. The van der Waals surface area contributed by atoms with Crippen LogP contribution in [0.1, 0.15) is 52.9 Å². The van der Waals surface area contributed by atoms with Gasteiger partial charge < -0.3 is 14.6 Å². The van der Waals surface area contributed by atoms with E-state index in [1.807, 2.05) is 6.08 Å². The highest BCUT2D eigenvalue weighted by Gasteiger charge is 2.46. The first-order valence-corrected chi connectivity index (χ1v) is 7.44. The molecule has 0 radical (unpaired) electrons. The van der Waals surface area contributed by atoms with Gasteiger partial charge in [0.2, 0.25) is 0 Å². The number of ether oxygens (including phenoxy) is 2. The minimum absolute atomic E-state index is 0.0986. The molecule has 1 saturated heterocycles. The summed E-state index contributed by atoms with van der Waals surface area (Å²) in [6.45, 7) is 5.75. The zero-order valence-electron chi connectivity index (χ0n) is 12.9. The fourth-order valence-corrected chi connectivity index (χ4v) is 3.36. The van der Waals surface area contributed by atoms with Gasteiger partial charge in [-0.1, -0.05) is 6.08 Å². The Labute approximate surface area is 121 Å². The van der Waals surface area contributed by atoms with Gasteiger partial charge in [-0.05, 0) is 58.8 Å². The zero-order valence-corrected chi connectivity index (χ0v) is 12.9. The number of methoxy groups -OCH3 is 1. The van der Waals surface area contributed by atoms with Gasteiger partial charge in [-0.2, -0.15) is 0 Å². The average Bonchev–Trinajstić information content (AvgIpc) is 2.82. The second-order valence-electron chi connectivity index (χ2n) is 6.80. The lowest BCUT2D eigenvalue weighted by atomic mass is 9.77. The van der Waals surface area contributed by atoms with Gasteiger partial charge in [0.05, 0.1) is 24.4 Å². The molecular formula is C16H26O4. The smallest absolute Gasteiger partial charge is 0.333 e. The molecule has 1 N–H and O–H groups in total. The third kappa shape index (κ3) is 3.07. The Hall–Kier alpha value is -0.870. The minimum Gasteiger partial charge on any atom is -0.466 e. The predicted molar refractivity (Wildman–Crippen MR) is 76.2 cm³/mol. The van der Waals surface area contributed by atoms with Gasteiger partial charge >= 0.3 is 5.97 Å². The lowest BCUT2D eigenvalue weighted by Gasteiger charge is -2.37. The molecule has 4 heteroatoms. The molecule has 0 aromatic carbocycles. The third-order valence-corrected chi connectivity index (χ3v) is 4.82. The highest BCUT2D eigenvalue weighted by atomic mass is 16.5. The van der Waals surface area contributed by atoms with E-state index < -0.39 is 5.60 Å². The third-order valence-electron chi connectivity index (χ3n) is 4.82. The fourth-order valence-electron chi connectivity index (χ4n) is 3.36. The number of carbonyl (C=O) groups is 1. The molecule has 0 spiro atoms. The Kier molecular flexibility index (Phi) is 4.26. The van der Waals surface area contributed by atoms with Crippen LogP contribution in [0.25, 0.3) is 0 Å². The van der Waals surface area contributed by atoms with Crippen molar-refractivity contribution < 1.29 is 19.4 Å². The van der Waals surface area contributed by atoms with E-state index in [2.05, 4.69) is 6.92 Å². The summed E-state index contributed by atoms with van der Waals surface area (Å²) in [5.41, 5.74) is -0.202. The quantitative estimate of drug-likeness (QED) is 0.808. The standard InChI is InChI=1S/C16H26O4/c1-15(2,18)13-9-10-16(3,20-13)12-7-5-11(6-8-12)14(17)19-4/h5,12-13,18H,6-10H2,1-4H3/t12-,13+,16-/m0/s1. The summed E-state index contributed by atoms with van der Waals surface area (Å²) in [6.07, 6.45) is 6.29. The fraction of sp³-hybridized carbons (Fsp3) is 0.812. The van der Waals surface area contributed by atoms with Crippen LogP contribution in [0.4, 0.5) is 0 Å². The monoisotopic (exact) mass is 282 g/mol. The molecule has 1 aliphatic heterocycles. The van der Waals surface area contributed by atoms with Crippen molar-refractivity contribution in [1.82, 2.24) is 0 Å². The Morgan fingerprint density at radius 2 is 2.20 bits per heavy atom. The van der Waals surface area contributed by atoms with E-state index in [1.54, 1.807) is 13.8 Å². The molecule has 0 bridgehead atoms. The summed E-state index contributed by atoms with van der Waals surface area (Å²) in [6, 6.07) is 0. The number of allylic oxidation sites excluding steroid dienone is 1. The molecule has 114 valence electrons. The maximum Gasteiger partial charge on any atom is 0.333 e. The molecule has 3 atom stereocenters. The molecule has 2 rings (SSSR count). The van der Waals surface area contributed by atoms with Gasteiger partial charge in [-0.25, -0.2) is 4.79 Å². The van der Waals surface area contributed by atoms with E-state index in [4.69, 9.17) is 9.47 Å². The van der Waals surface area contributed by atoms with Gasteiger partial charge in [-0.3, -0.25) is 0 Å². The maximum absolute atomic E-state index is 11.5. The molecule has 0 aromatic heterocycles. The first kappa shape index (κ1) is 15.5. The highest BCUT2D eigenvalue weighted by molar-refractivity contribution is 5.88. The SMILES string of the molecule is COC(=O)C1=CC[C@H]([C@]2(C)CC[C@H](C(C)(C)O)O2)CC1. The maximum atomic E-state index is 11.5. The molecule has 1 aliphatic carbocycles. The minimum atomic E-state index is -0.792. The van der Waals surface area contributed by atoms with Gasteiger partial charge in [0.15, 0.2) is 0 Å². The van der Waals surface area contributed by atoms with E-state index in [0.29, 0.717) is 5.92 Å². The summed E-state index contributed by atoms with van der Waals surface area (Å²) in [5.74, 6) is 0.193. The van der Waals surface area contributed by atoms with Gasteiger partial charge in [0.1, 0.15) is 0 Å². The van der Waals surface area contributed by atoms with Gasteiger partial charge in [0.25, 0.3) is 0 Å². The highest BCUT2D eigenvalue weighted by Crippen LogP contribution is 2.44. The number of rotatable bonds is 3. The number of hydrogen-bond acceptors (Lipinski definition) is 4. The first-order chi connectivity index (χ1) is 9.26. The second-order valence-corrected chi connectivity index (χ2v) is 6.80. The normalized spacial score (nSPS) is 34.8. The summed E-state index contributed by atoms with van der Waals surface area (Å²) < 4.78 is 10.9. The topological polar surface area (TPSA) is 55.8 Å². The Bertz CT molecular complexity index is 407. The summed E-state index contributed by atoms with van der Waals surface area (Å²) in [7, 11) is 1.42. The number of hydrogen-bond donors (Lipinski definition) is 1. The van der Waals surface area contributed by atoms with Crippen molar-refractivity contribution in [3.05, 3.63) is 11.6 Å². The first-order valence-electron chi connectivity index (χ1n) is 7.44. The van der Waals surface area contributed by atoms with E-state index in [-0.39, 0.29) is 17.7 Å². The van der Waals surface area contributed by atoms with Crippen molar-refractivity contribution in [3.8, 4) is 0 Å². The van der Waals surface area contributed by atoms with E-state index in [1.165, 1.54) is 7.11 Å². The molecule has 0 saturated carbocycles. The number of aliphatic hydroxyl groups is 1. The van der Waals surface area contributed by atoms with Crippen molar-refractivity contribution in [3.63, 3.8) is 0 Å². The van der Waals surface area contributed by atoms with E-state index in [9.17, 15) is 9.90 Å². The van der Waals surface area contributed by atoms with Crippen LogP contribution < -0.4 is 0 Å². The molecule has 2 aliphatic rings. The molecule has 1 fully saturated rings. The van der Waals surface area contributed by atoms with Gasteiger partial charge in [-0.15, -0.1) is 0 Å². The number of esters is 1. The molecule has 1 heterocycles. The van der Waals surface area contributed by atoms with Crippen LogP contribution in [0.3, 0.4) is 0 Å². The van der Waals surface area contributed by atoms with Crippen molar-refractivity contribution in [2.24, 2.45) is 5.92 Å². The van der Waals surface area contributed by atoms with Crippen LogP contribution in [0.2, 0.25) is 0 Å². The summed E-state index contributed by atoms with van der Waals surface area (Å²) in [4.78, 5) is 11.5. The predicted octanol–water partition coefficient (Wildman–Crippen LogP) is 2.59.